The summed E-state index contributed by atoms with van der Waals surface area (Å²) >= 11 is 0. The van der Waals surface area contributed by atoms with Gasteiger partial charge in [-0.05, 0) is 5.56 Å². The van der Waals surface area contributed by atoms with Crippen LogP contribution in [0.3, 0.4) is 0 Å². The van der Waals surface area contributed by atoms with Crippen LogP contribution in [0.4, 0.5) is 13.2 Å². The van der Waals surface area contributed by atoms with Gasteiger partial charge in [0.1, 0.15) is 0 Å². The number of nitrogens with zero attached hydrogens (tertiary/aromatic N) is 3. The summed E-state index contributed by atoms with van der Waals surface area (Å²) in [6.07, 6.45) is -4.09. The zero-order valence-corrected chi connectivity index (χ0v) is 16.6. The summed E-state index contributed by atoms with van der Waals surface area (Å²) in [4.78, 5) is 13.6. The van der Waals surface area contributed by atoms with Crippen molar-refractivity contribution in [2.24, 2.45) is 0 Å². The average Bonchev–Trinajstić information content (AvgIpc) is 2.66. The van der Waals surface area contributed by atoms with Gasteiger partial charge in [0.2, 0.25) is 5.91 Å². The Morgan fingerprint density at radius 3 is 2.07 bits per heavy atom. The number of carbonyl (C=O) groups is 1. The van der Waals surface area contributed by atoms with Gasteiger partial charge in [-0.3, -0.25) is 4.79 Å². The van der Waals surface area contributed by atoms with Crippen molar-refractivity contribution in [2.75, 3.05) is 39.3 Å². The van der Waals surface area contributed by atoms with Crippen LogP contribution in [0, 0.1) is 0 Å². The first-order valence-corrected chi connectivity index (χ1v) is 10.4. The average molecular weight is 419 g/mol. The quantitative estimate of drug-likeness (QED) is 0.665. The van der Waals surface area contributed by atoms with Crippen LogP contribution in [0.25, 0.3) is 5.57 Å². The third-order valence-corrected chi connectivity index (χ3v) is 6.75. The Kier molecular flexibility index (Phi) is 7.24. The first kappa shape index (κ1) is 22.4. The summed E-state index contributed by atoms with van der Waals surface area (Å²) in [5.41, 5.74) is -1.11. The topological polar surface area (TPSA) is 60.9 Å². The van der Waals surface area contributed by atoms with Crippen molar-refractivity contribution in [3.8, 4) is 0 Å². The molecular formula is C18H24F3N3O3S. The van der Waals surface area contributed by atoms with E-state index in [1.54, 1.807) is 19.9 Å². The highest BCUT2D eigenvalue weighted by Gasteiger charge is 2.37. The zero-order valence-electron chi connectivity index (χ0n) is 15.8. The lowest BCUT2D eigenvalue weighted by atomic mass is 10.0. The zero-order chi connectivity index (χ0) is 20.9. The standard InChI is InChI=1S/C18H24F3N3O3S/c1-3-23(4-2)28(26,27)24-12-10-22(11-13-24)17(25)14-16(18(19,20)21)15-8-6-5-7-9-15/h5-9,14H,3-4,10-13H2,1-2H3/b16-14-. The highest BCUT2D eigenvalue weighted by atomic mass is 32.2. The molecule has 1 aromatic carbocycles. The molecule has 2 rings (SSSR count). The van der Waals surface area contributed by atoms with E-state index in [2.05, 4.69) is 0 Å². The molecule has 10 heteroatoms. The largest absolute Gasteiger partial charge is 0.417 e. The molecule has 6 nitrogen and oxygen atoms in total. The van der Waals surface area contributed by atoms with Crippen molar-refractivity contribution < 1.29 is 26.4 Å². The Bertz CT molecular complexity index is 798. The maximum Gasteiger partial charge on any atom is 0.417 e. The summed E-state index contributed by atoms with van der Waals surface area (Å²) < 4.78 is 67.7. The number of carbonyl (C=O) groups excluding carboxylic acids is 1. The predicted octanol–water partition coefficient (Wildman–Crippen LogP) is 2.36. The van der Waals surface area contributed by atoms with E-state index in [1.165, 1.54) is 37.8 Å². The molecule has 1 fully saturated rings. The lowest BCUT2D eigenvalue weighted by Crippen LogP contribution is -2.54. The van der Waals surface area contributed by atoms with E-state index in [0.29, 0.717) is 19.2 Å². The highest BCUT2D eigenvalue weighted by Crippen LogP contribution is 2.33. The Morgan fingerprint density at radius 1 is 1.07 bits per heavy atom. The smallest absolute Gasteiger partial charge is 0.336 e. The van der Waals surface area contributed by atoms with Crippen LogP contribution in [0.2, 0.25) is 0 Å². The fraction of sp³-hybridized carbons (Fsp3) is 0.500. The summed E-state index contributed by atoms with van der Waals surface area (Å²) in [6, 6.07) is 7.11. The van der Waals surface area contributed by atoms with Gasteiger partial charge in [0.25, 0.3) is 10.2 Å². The molecule has 0 unspecified atom stereocenters. The van der Waals surface area contributed by atoms with Gasteiger partial charge in [0.15, 0.2) is 0 Å². The minimum Gasteiger partial charge on any atom is -0.336 e. The second-order valence-electron chi connectivity index (χ2n) is 6.24. The first-order chi connectivity index (χ1) is 13.1. The van der Waals surface area contributed by atoms with Crippen LogP contribution in [0.5, 0.6) is 0 Å². The number of rotatable bonds is 6. The maximum absolute atomic E-state index is 13.4. The fourth-order valence-electron chi connectivity index (χ4n) is 3.01. The highest BCUT2D eigenvalue weighted by molar-refractivity contribution is 7.86. The van der Waals surface area contributed by atoms with Gasteiger partial charge in [-0.1, -0.05) is 44.2 Å². The number of hydrogen-bond acceptors (Lipinski definition) is 3. The van der Waals surface area contributed by atoms with Crippen molar-refractivity contribution in [2.45, 2.75) is 20.0 Å². The molecule has 0 aliphatic carbocycles. The van der Waals surface area contributed by atoms with E-state index < -0.39 is 27.9 Å². The fourth-order valence-corrected chi connectivity index (χ4v) is 4.62. The number of halogens is 3. The van der Waals surface area contributed by atoms with Crippen LogP contribution < -0.4 is 0 Å². The van der Waals surface area contributed by atoms with Gasteiger partial charge in [0.05, 0.1) is 5.57 Å². The third-order valence-electron chi connectivity index (χ3n) is 4.57. The van der Waals surface area contributed by atoms with E-state index in [9.17, 15) is 26.4 Å². The van der Waals surface area contributed by atoms with Gasteiger partial charge in [0, 0.05) is 45.3 Å². The van der Waals surface area contributed by atoms with Gasteiger partial charge in [-0.15, -0.1) is 0 Å². The number of benzene rings is 1. The van der Waals surface area contributed by atoms with Crippen LogP contribution >= 0.6 is 0 Å². The number of piperazine rings is 1. The van der Waals surface area contributed by atoms with Crippen molar-refractivity contribution in [1.82, 2.24) is 13.5 Å². The monoisotopic (exact) mass is 419 g/mol. The Hall–Kier alpha value is -1.91. The lowest BCUT2D eigenvalue weighted by molar-refractivity contribution is -0.127. The van der Waals surface area contributed by atoms with Crippen molar-refractivity contribution >= 4 is 21.7 Å². The molecule has 1 aliphatic heterocycles. The molecule has 28 heavy (non-hydrogen) atoms. The van der Waals surface area contributed by atoms with E-state index in [4.69, 9.17) is 0 Å². The maximum atomic E-state index is 13.4. The molecule has 0 saturated carbocycles. The first-order valence-electron chi connectivity index (χ1n) is 8.99. The van der Waals surface area contributed by atoms with E-state index in [-0.39, 0.29) is 31.7 Å². The van der Waals surface area contributed by atoms with E-state index >= 15 is 0 Å². The molecule has 1 saturated heterocycles. The summed E-state index contributed by atoms with van der Waals surface area (Å²) in [7, 11) is -3.63. The molecule has 0 spiro atoms. The Labute approximate surface area is 163 Å². The Morgan fingerprint density at radius 2 is 1.61 bits per heavy atom. The number of amides is 1. The minimum absolute atomic E-state index is 0.0375. The van der Waals surface area contributed by atoms with Crippen LogP contribution in [-0.2, 0) is 15.0 Å². The summed E-state index contributed by atoms with van der Waals surface area (Å²) in [6.45, 7) is 4.28. The second kappa shape index (κ2) is 9.06. The molecule has 0 N–H and O–H groups in total. The summed E-state index contributed by atoms with van der Waals surface area (Å²) in [5, 5.41) is 0. The van der Waals surface area contributed by atoms with Gasteiger partial charge >= 0.3 is 6.18 Å². The lowest BCUT2D eigenvalue weighted by Gasteiger charge is -2.36. The minimum atomic E-state index is -4.68. The molecule has 0 bridgehead atoms. The van der Waals surface area contributed by atoms with Gasteiger partial charge in [-0.2, -0.15) is 30.2 Å². The summed E-state index contributed by atoms with van der Waals surface area (Å²) in [5.74, 6) is -0.781. The molecule has 0 aromatic heterocycles. The predicted molar refractivity (Wildman–Crippen MR) is 100 cm³/mol. The Balaban J connectivity index is 2.13. The number of allylic oxidation sites excluding steroid dienone is 1. The molecule has 1 aliphatic rings. The van der Waals surface area contributed by atoms with Crippen LogP contribution in [0.1, 0.15) is 19.4 Å². The van der Waals surface area contributed by atoms with E-state index in [0.717, 1.165) is 0 Å². The molecule has 1 amide bonds. The normalized spacial score (nSPS) is 17.2. The number of alkyl halides is 3. The van der Waals surface area contributed by atoms with Crippen LogP contribution in [-0.4, -0.2) is 73.3 Å². The second-order valence-corrected chi connectivity index (χ2v) is 8.17. The molecule has 0 atom stereocenters. The molecule has 156 valence electrons. The number of hydrogen-bond donors (Lipinski definition) is 0. The van der Waals surface area contributed by atoms with Crippen molar-refractivity contribution in [3.05, 3.63) is 42.0 Å². The van der Waals surface area contributed by atoms with Crippen LogP contribution in [0.15, 0.2) is 36.4 Å². The van der Waals surface area contributed by atoms with Gasteiger partial charge in [-0.25, -0.2) is 0 Å². The SMILES string of the molecule is CCN(CC)S(=O)(=O)N1CCN(C(=O)/C=C(/c2ccccc2)C(F)(F)F)CC1. The molecule has 1 heterocycles. The van der Waals surface area contributed by atoms with Crippen molar-refractivity contribution in [3.63, 3.8) is 0 Å². The molecule has 1 aromatic rings. The van der Waals surface area contributed by atoms with Crippen molar-refractivity contribution in [1.29, 1.82) is 0 Å². The molecular weight excluding hydrogens is 395 g/mol. The molecule has 0 radical (unpaired) electrons. The van der Waals surface area contributed by atoms with Gasteiger partial charge < -0.3 is 4.90 Å². The van der Waals surface area contributed by atoms with E-state index in [1.807, 2.05) is 0 Å². The third kappa shape index (κ3) is 5.12.